The Morgan fingerprint density at radius 1 is 1.00 bits per heavy atom. The van der Waals surface area contributed by atoms with Crippen LogP contribution in [-0.2, 0) is 21.6 Å². The van der Waals surface area contributed by atoms with Crippen molar-refractivity contribution in [1.29, 1.82) is 0 Å². The number of rotatable bonds is 9. The summed E-state index contributed by atoms with van der Waals surface area (Å²) in [6.45, 7) is 3.37. The maximum atomic E-state index is 14.3. The molecule has 2 atom stereocenters. The molecular weight excluding hydrogens is 641 g/mol. The number of likely N-dealkylation sites (tertiary alicyclic amines) is 2. The number of anilines is 1. The standard InChI is InChI=1S/C38H42FN5O6/c1-48-29-11-7-27(8-12-29)38(23-49-24-38)44-18-15-31(32(21-44)26-5-3-2-4-6-26)35(45)42-19-16-37(47,17-20-42)22-43-25-41-34(33(40)36(43)46)50-30-13-9-28(39)10-14-30/h2-14,25,31-32,47H,15-24,40H2,1H3/t31-,32+/m1/s1. The van der Waals surface area contributed by atoms with Gasteiger partial charge in [0, 0.05) is 31.5 Å². The van der Waals surface area contributed by atoms with Gasteiger partial charge in [-0.3, -0.25) is 19.1 Å². The van der Waals surface area contributed by atoms with Crippen LogP contribution in [0.15, 0.2) is 90.0 Å². The average molecular weight is 684 g/mol. The minimum absolute atomic E-state index is 0.0164. The molecule has 3 aromatic carbocycles. The van der Waals surface area contributed by atoms with Gasteiger partial charge in [0.15, 0.2) is 5.69 Å². The van der Waals surface area contributed by atoms with Crippen molar-refractivity contribution in [3.63, 3.8) is 0 Å². The van der Waals surface area contributed by atoms with E-state index in [4.69, 9.17) is 19.9 Å². The number of benzene rings is 3. The number of nitrogens with zero attached hydrogens (tertiary/aromatic N) is 4. The highest BCUT2D eigenvalue weighted by Crippen LogP contribution is 2.44. The largest absolute Gasteiger partial charge is 0.497 e. The minimum Gasteiger partial charge on any atom is -0.497 e. The SMILES string of the molecule is COc1ccc(C2(N3CC[C@@H](C(=O)N4CCC(O)(Cn5cnc(Oc6ccc(F)cc6)c(N)c5=O)CC4)[C@H](c4ccccc4)C3)COC2)cc1. The van der Waals surface area contributed by atoms with Crippen LogP contribution in [0.25, 0.3) is 0 Å². The third-order valence-electron chi connectivity index (χ3n) is 10.6. The molecule has 1 amide bonds. The molecule has 0 radical (unpaired) electrons. The average Bonchev–Trinajstić information content (AvgIpc) is 3.12. The van der Waals surface area contributed by atoms with Gasteiger partial charge in [0.2, 0.25) is 11.8 Å². The molecule has 11 nitrogen and oxygen atoms in total. The Balaban J connectivity index is 1.03. The number of halogens is 1. The number of aliphatic hydroxyl groups is 1. The van der Waals surface area contributed by atoms with Crippen LogP contribution in [0.1, 0.15) is 36.3 Å². The molecule has 0 spiro atoms. The molecular formula is C38H42FN5O6. The van der Waals surface area contributed by atoms with E-state index in [1.807, 2.05) is 35.2 Å². The van der Waals surface area contributed by atoms with Crippen LogP contribution >= 0.6 is 0 Å². The number of carbonyl (C=O) groups is 1. The smallest absolute Gasteiger partial charge is 0.280 e. The predicted molar refractivity (Wildman–Crippen MR) is 185 cm³/mol. The molecule has 50 heavy (non-hydrogen) atoms. The zero-order chi connectivity index (χ0) is 34.9. The fourth-order valence-electron chi connectivity index (χ4n) is 7.55. The molecule has 262 valence electrons. The van der Waals surface area contributed by atoms with E-state index in [2.05, 4.69) is 34.1 Å². The summed E-state index contributed by atoms with van der Waals surface area (Å²) in [6, 6.07) is 23.7. The summed E-state index contributed by atoms with van der Waals surface area (Å²) in [4.78, 5) is 35.9. The highest BCUT2D eigenvalue weighted by Gasteiger charge is 2.50. The zero-order valence-electron chi connectivity index (χ0n) is 28.0. The van der Waals surface area contributed by atoms with Gasteiger partial charge in [-0.2, -0.15) is 0 Å². The molecule has 0 bridgehead atoms. The van der Waals surface area contributed by atoms with Crippen molar-refractivity contribution < 1.29 is 28.5 Å². The van der Waals surface area contributed by atoms with E-state index in [1.165, 1.54) is 40.7 Å². The maximum Gasteiger partial charge on any atom is 0.280 e. The molecule has 3 fully saturated rings. The molecule has 1 aromatic heterocycles. The first-order valence-electron chi connectivity index (χ1n) is 17.0. The van der Waals surface area contributed by atoms with Crippen LogP contribution < -0.4 is 20.8 Å². The lowest BCUT2D eigenvalue weighted by molar-refractivity contribution is -0.163. The van der Waals surface area contributed by atoms with Crippen molar-refractivity contribution in [2.24, 2.45) is 5.92 Å². The number of aromatic nitrogens is 2. The van der Waals surface area contributed by atoms with Gasteiger partial charge in [-0.15, -0.1) is 0 Å². The van der Waals surface area contributed by atoms with Crippen molar-refractivity contribution in [3.8, 4) is 17.4 Å². The number of nitrogens with two attached hydrogens (primary N) is 1. The second kappa shape index (κ2) is 13.9. The predicted octanol–water partition coefficient (Wildman–Crippen LogP) is 4.15. The van der Waals surface area contributed by atoms with Crippen molar-refractivity contribution in [2.75, 3.05) is 52.2 Å². The van der Waals surface area contributed by atoms with Gasteiger partial charge in [0.25, 0.3) is 5.56 Å². The van der Waals surface area contributed by atoms with Crippen LogP contribution in [-0.4, -0.2) is 82.5 Å². The molecule has 7 rings (SSSR count). The lowest BCUT2D eigenvalue weighted by Crippen LogP contribution is -2.63. The first-order chi connectivity index (χ1) is 24.2. The third-order valence-corrected chi connectivity index (χ3v) is 10.6. The van der Waals surface area contributed by atoms with Gasteiger partial charge in [-0.05, 0) is 73.3 Å². The molecule has 4 heterocycles. The summed E-state index contributed by atoms with van der Waals surface area (Å²) in [5, 5.41) is 11.6. The summed E-state index contributed by atoms with van der Waals surface area (Å²) < 4.78 is 31.3. The van der Waals surface area contributed by atoms with Crippen LogP contribution in [0, 0.1) is 11.7 Å². The fraction of sp³-hybridized carbons (Fsp3) is 0.395. The van der Waals surface area contributed by atoms with Crippen LogP contribution in [0.3, 0.4) is 0 Å². The van der Waals surface area contributed by atoms with Gasteiger partial charge in [0.1, 0.15) is 23.6 Å². The van der Waals surface area contributed by atoms with Crippen LogP contribution in [0.4, 0.5) is 10.1 Å². The van der Waals surface area contributed by atoms with E-state index in [-0.39, 0.29) is 47.1 Å². The number of nitrogen functional groups attached to an aromatic ring is 1. The minimum atomic E-state index is -1.23. The molecule has 0 aliphatic carbocycles. The van der Waals surface area contributed by atoms with Gasteiger partial charge >= 0.3 is 0 Å². The number of carbonyl (C=O) groups excluding carboxylic acids is 1. The normalized spacial score (nSPS) is 21.6. The maximum absolute atomic E-state index is 14.3. The fourth-order valence-corrected chi connectivity index (χ4v) is 7.55. The number of ether oxygens (including phenoxy) is 3. The van der Waals surface area contributed by atoms with E-state index in [0.717, 1.165) is 17.9 Å². The number of methoxy groups -OCH3 is 1. The van der Waals surface area contributed by atoms with Crippen LogP contribution in [0.5, 0.6) is 17.4 Å². The Labute approximate surface area is 290 Å². The van der Waals surface area contributed by atoms with Gasteiger partial charge in [-0.1, -0.05) is 42.5 Å². The quantitative estimate of drug-likeness (QED) is 0.267. The number of hydrogen-bond donors (Lipinski definition) is 2. The number of piperidine rings is 2. The Bertz CT molecular complexity index is 1860. The highest BCUT2D eigenvalue weighted by molar-refractivity contribution is 5.80. The molecule has 0 saturated carbocycles. The van der Waals surface area contributed by atoms with E-state index in [9.17, 15) is 19.1 Å². The van der Waals surface area contributed by atoms with Crippen LogP contribution in [0.2, 0.25) is 0 Å². The zero-order valence-corrected chi connectivity index (χ0v) is 28.0. The molecule has 0 unspecified atom stereocenters. The van der Waals surface area contributed by atoms with Crippen molar-refractivity contribution in [1.82, 2.24) is 19.4 Å². The molecule has 3 aliphatic heterocycles. The molecule has 4 aromatic rings. The van der Waals surface area contributed by atoms with Crippen molar-refractivity contribution in [2.45, 2.75) is 42.9 Å². The second-order valence-corrected chi connectivity index (χ2v) is 13.6. The summed E-state index contributed by atoms with van der Waals surface area (Å²) in [5.41, 5.74) is 6.13. The monoisotopic (exact) mass is 683 g/mol. The van der Waals surface area contributed by atoms with Crippen molar-refractivity contribution >= 4 is 11.6 Å². The number of hydrogen-bond acceptors (Lipinski definition) is 9. The first-order valence-corrected chi connectivity index (χ1v) is 17.0. The van der Waals surface area contributed by atoms with Crippen molar-refractivity contribution in [3.05, 3.63) is 112 Å². The summed E-state index contributed by atoms with van der Waals surface area (Å²) in [5.74, 6) is 0.439. The topological polar surface area (TPSA) is 132 Å². The lowest BCUT2D eigenvalue weighted by atomic mass is 9.76. The van der Waals surface area contributed by atoms with Gasteiger partial charge in [-0.25, -0.2) is 9.37 Å². The lowest BCUT2D eigenvalue weighted by Gasteiger charge is -2.54. The van der Waals surface area contributed by atoms with E-state index in [0.29, 0.717) is 52.1 Å². The molecule has 3 saturated heterocycles. The van der Waals surface area contributed by atoms with E-state index < -0.39 is 17.0 Å². The summed E-state index contributed by atoms with van der Waals surface area (Å²) in [7, 11) is 1.66. The van der Waals surface area contributed by atoms with Gasteiger partial charge < -0.3 is 30.0 Å². The second-order valence-electron chi connectivity index (χ2n) is 13.6. The summed E-state index contributed by atoms with van der Waals surface area (Å²) >= 11 is 0. The van der Waals surface area contributed by atoms with Gasteiger partial charge in [0.05, 0.1) is 38.0 Å². The Morgan fingerprint density at radius 3 is 2.32 bits per heavy atom. The Kier molecular flexibility index (Phi) is 9.34. The molecule has 3 N–H and O–H groups in total. The molecule has 3 aliphatic rings. The first kappa shape index (κ1) is 33.7. The Morgan fingerprint density at radius 2 is 1.68 bits per heavy atom. The van der Waals surface area contributed by atoms with E-state index >= 15 is 0 Å². The summed E-state index contributed by atoms with van der Waals surface area (Å²) in [6.07, 6.45) is 2.58. The Hall–Kier alpha value is -4.78. The van der Waals surface area contributed by atoms with E-state index in [1.54, 1.807) is 7.11 Å². The third kappa shape index (κ3) is 6.58. The highest BCUT2D eigenvalue weighted by atomic mass is 19.1. The molecule has 12 heteroatoms. The number of amides is 1.